The van der Waals surface area contributed by atoms with Crippen LogP contribution in [-0.2, 0) is 9.59 Å². The van der Waals surface area contributed by atoms with Gasteiger partial charge in [-0.25, -0.2) is 0 Å². The van der Waals surface area contributed by atoms with Gasteiger partial charge in [0.25, 0.3) is 0 Å². The maximum Gasteiger partial charge on any atom is 0.237 e. The molecule has 0 spiro atoms. The van der Waals surface area contributed by atoms with Crippen LogP contribution < -0.4 is 20.7 Å². The molecule has 1 heterocycles. The Hall–Kier alpha value is -2.08. The highest BCUT2D eigenvalue weighted by Crippen LogP contribution is 2.23. The fourth-order valence-electron chi connectivity index (χ4n) is 2.05. The highest BCUT2D eigenvalue weighted by Gasteiger charge is 2.24. The topological polar surface area (TPSA) is 79.5 Å². The first-order valence-corrected chi connectivity index (χ1v) is 6.73. The Kier molecular flexibility index (Phi) is 4.95. The summed E-state index contributed by atoms with van der Waals surface area (Å²) in [6.07, 6.45) is 0.103. The van der Waals surface area contributed by atoms with Crippen LogP contribution in [0.1, 0.15) is 13.3 Å². The van der Waals surface area contributed by atoms with Gasteiger partial charge in [0.2, 0.25) is 11.8 Å². The SMILES string of the molecule is CCOc1ccccc1NC(=O)C[C@H]1NCCNC1=O. The van der Waals surface area contributed by atoms with Crippen molar-refractivity contribution in [2.45, 2.75) is 19.4 Å². The average molecular weight is 277 g/mol. The molecule has 0 aliphatic carbocycles. The zero-order valence-corrected chi connectivity index (χ0v) is 11.4. The Morgan fingerprint density at radius 2 is 2.20 bits per heavy atom. The lowest BCUT2D eigenvalue weighted by Gasteiger charge is -2.23. The van der Waals surface area contributed by atoms with Gasteiger partial charge in [0.05, 0.1) is 24.8 Å². The molecule has 1 atom stereocenters. The number of nitrogens with one attached hydrogen (secondary N) is 3. The van der Waals surface area contributed by atoms with Crippen LogP contribution in [0.2, 0.25) is 0 Å². The van der Waals surface area contributed by atoms with Gasteiger partial charge in [-0.15, -0.1) is 0 Å². The Morgan fingerprint density at radius 3 is 2.95 bits per heavy atom. The molecule has 20 heavy (non-hydrogen) atoms. The fourth-order valence-corrected chi connectivity index (χ4v) is 2.05. The lowest BCUT2D eigenvalue weighted by molar-refractivity contribution is -0.127. The molecule has 1 aromatic rings. The third-order valence-corrected chi connectivity index (χ3v) is 2.98. The summed E-state index contributed by atoms with van der Waals surface area (Å²) in [7, 11) is 0. The molecule has 3 N–H and O–H groups in total. The van der Waals surface area contributed by atoms with Gasteiger partial charge in [-0.3, -0.25) is 9.59 Å². The summed E-state index contributed by atoms with van der Waals surface area (Å²) in [6, 6.07) is 6.77. The molecule has 1 aliphatic heterocycles. The first kappa shape index (κ1) is 14.3. The molecule has 1 aromatic carbocycles. The van der Waals surface area contributed by atoms with Crippen molar-refractivity contribution in [2.75, 3.05) is 25.0 Å². The number of hydrogen-bond acceptors (Lipinski definition) is 4. The van der Waals surface area contributed by atoms with Crippen molar-refractivity contribution in [3.05, 3.63) is 24.3 Å². The van der Waals surface area contributed by atoms with E-state index in [1.54, 1.807) is 12.1 Å². The van der Waals surface area contributed by atoms with Gasteiger partial charge in [-0.2, -0.15) is 0 Å². The van der Waals surface area contributed by atoms with Crippen LogP contribution in [0.5, 0.6) is 5.75 Å². The average Bonchev–Trinajstić information content (AvgIpc) is 2.44. The van der Waals surface area contributed by atoms with E-state index in [-0.39, 0.29) is 18.2 Å². The molecule has 0 aromatic heterocycles. The number of carbonyl (C=O) groups is 2. The van der Waals surface area contributed by atoms with Gasteiger partial charge < -0.3 is 20.7 Å². The van der Waals surface area contributed by atoms with E-state index < -0.39 is 6.04 Å². The number of rotatable bonds is 5. The molecular weight excluding hydrogens is 258 g/mol. The normalized spacial score (nSPS) is 18.2. The predicted molar refractivity (Wildman–Crippen MR) is 75.7 cm³/mol. The molecule has 2 amide bonds. The minimum atomic E-state index is -0.469. The van der Waals surface area contributed by atoms with Gasteiger partial charge in [0.1, 0.15) is 5.75 Å². The van der Waals surface area contributed by atoms with E-state index in [9.17, 15) is 9.59 Å². The van der Waals surface area contributed by atoms with Gasteiger partial charge in [-0.05, 0) is 19.1 Å². The van der Waals surface area contributed by atoms with Crippen LogP contribution >= 0.6 is 0 Å². The molecule has 0 bridgehead atoms. The third-order valence-electron chi connectivity index (χ3n) is 2.98. The molecule has 6 heteroatoms. The Bertz CT molecular complexity index is 490. The zero-order chi connectivity index (χ0) is 14.4. The van der Waals surface area contributed by atoms with Gasteiger partial charge in [-0.1, -0.05) is 12.1 Å². The van der Waals surface area contributed by atoms with Crippen LogP contribution in [0, 0.1) is 0 Å². The van der Waals surface area contributed by atoms with Crippen molar-refractivity contribution in [1.29, 1.82) is 0 Å². The second-order valence-corrected chi connectivity index (χ2v) is 4.48. The number of hydrogen-bond donors (Lipinski definition) is 3. The van der Waals surface area contributed by atoms with Crippen molar-refractivity contribution < 1.29 is 14.3 Å². The van der Waals surface area contributed by atoms with Crippen molar-refractivity contribution in [3.63, 3.8) is 0 Å². The zero-order valence-electron chi connectivity index (χ0n) is 11.4. The number of amides is 2. The summed E-state index contributed by atoms with van der Waals surface area (Å²) in [6.45, 7) is 3.69. The van der Waals surface area contributed by atoms with E-state index in [4.69, 9.17) is 4.74 Å². The van der Waals surface area contributed by atoms with Crippen LogP contribution in [0.25, 0.3) is 0 Å². The third kappa shape index (κ3) is 3.71. The summed E-state index contributed by atoms with van der Waals surface area (Å²) in [5.41, 5.74) is 0.621. The highest BCUT2D eigenvalue weighted by molar-refractivity contribution is 5.96. The minimum absolute atomic E-state index is 0.103. The largest absolute Gasteiger partial charge is 0.492 e. The summed E-state index contributed by atoms with van der Waals surface area (Å²) >= 11 is 0. The number of benzene rings is 1. The van der Waals surface area contributed by atoms with E-state index in [1.807, 2.05) is 19.1 Å². The quantitative estimate of drug-likeness (QED) is 0.732. The number of piperazine rings is 1. The molecule has 1 saturated heterocycles. The van der Waals surface area contributed by atoms with E-state index in [0.29, 0.717) is 31.1 Å². The Balaban J connectivity index is 1.95. The first-order valence-electron chi connectivity index (χ1n) is 6.73. The van der Waals surface area contributed by atoms with E-state index in [1.165, 1.54) is 0 Å². The number of anilines is 1. The van der Waals surface area contributed by atoms with Gasteiger partial charge in [0, 0.05) is 13.1 Å². The monoisotopic (exact) mass is 277 g/mol. The second-order valence-electron chi connectivity index (χ2n) is 4.48. The fraction of sp³-hybridized carbons (Fsp3) is 0.429. The lowest BCUT2D eigenvalue weighted by atomic mass is 10.1. The summed E-state index contributed by atoms with van der Waals surface area (Å²) < 4.78 is 5.44. The minimum Gasteiger partial charge on any atom is -0.492 e. The number of para-hydroxylation sites is 2. The molecule has 1 aliphatic rings. The first-order chi connectivity index (χ1) is 9.70. The Labute approximate surface area is 117 Å². The van der Waals surface area contributed by atoms with Crippen molar-refractivity contribution >= 4 is 17.5 Å². The molecule has 1 fully saturated rings. The van der Waals surface area contributed by atoms with Crippen LogP contribution in [0.4, 0.5) is 5.69 Å². The molecule has 0 radical (unpaired) electrons. The smallest absolute Gasteiger partial charge is 0.237 e. The summed E-state index contributed by atoms with van der Waals surface area (Å²) in [4.78, 5) is 23.6. The van der Waals surface area contributed by atoms with Crippen LogP contribution in [0.3, 0.4) is 0 Å². The van der Waals surface area contributed by atoms with Crippen molar-refractivity contribution in [3.8, 4) is 5.75 Å². The highest BCUT2D eigenvalue weighted by atomic mass is 16.5. The second kappa shape index (κ2) is 6.91. The van der Waals surface area contributed by atoms with E-state index >= 15 is 0 Å². The van der Waals surface area contributed by atoms with E-state index in [2.05, 4.69) is 16.0 Å². The maximum absolute atomic E-state index is 12.0. The molecule has 108 valence electrons. The molecule has 0 saturated carbocycles. The van der Waals surface area contributed by atoms with Crippen LogP contribution in [0.15, 0.2) is 24.3 Å². The summed E-state index contributed by atoms with van der Waals surface area (Å²) in [5, 5.41) is 8.53. The predicted octanol–water partition coefficient (Wildman–Crippen LogP) is 0.502. The Morgan fingerprint density at radius 1 is 1.40 bits per heavy atom. The number of ether oxygens (including phenoxy) is 1. The van der Waals surface area contributed by atoms with Gasteiger partial charge >= 0.3 is 0 Å². The lowest BCUT2D eigenvalue weighted by Crippen LogP contribution is -2.53. The number of carbonyl (C=O) groups excluding carboxylic acids is 2. The molecule has 6 nitrogen and oxygen atoms in total. The van der Waals surface area contributed by atoms with Crippen molar-refractivity contribution in [1.82, 2.24) is 10.6 Å². The van der Waals surface area contributed by atoms with Gasteiger partial charge in [0.15, 0.2) is 0 Å². The van der Waals surface area contributed by atoms with Crippen molar-refractivity contribution in [2.24, 2.45) is 0 Å². The van der Waals surface area contributed by atoms with E-state index in [0.717, 1.165) is 0 Å². The standard InChI is InChI=1S/C14H19N3O3/c1-2-20-12-6-4-3-5-10(12)17-13(18)9-11-14(19)16-8-7-15-11/h3-6,11,15H,2,7-9H2,1H3,(H,16,19)(H,17,18)/t11-/m1/s1. The molecular formula is C14H19N3O3. The summed E-state index contributed by atoms with van der Waals surface area (Å²) in [5.74, 6) is 0.278. The molecule has 2 rings (SSSR count). The molecule has 0 unspecified atom stereocenters. The van der Waals surface area contributed by atoms with Crippen LogP contribution in [-0.4, -0.2) is 37.6 Å². The maximum atomic E-state index is 12.0.